The van der Waals surface area contributed by atoms with Gasteiger partial charge in [0.05, 0.1) is 19.0 Å². The summed E-state index contributed by atoms with van der Waals surface area (Å²) in [6.07, 6.45) is 0.261. The number of rotatable bonds is 7. The topological polar surface area (TPSA) is 75.7 Å². The third-order valence-electron chi connectivity index (χ3n) is 1.49. The average Bonchev–Trinajstić information content (AvgIpc) is 2.11. The van der Waals surface area contributed by atoms with Crippen molar-refractivity contribution in [2.45, 2.75) is 27.2 Å². The minimum absolute atomic E-state index is 0.0384. The second kappa shape index (κ2) is 7.41. The second-order valence-electron chi connectivity index (χ2n) is 4.90. The summed E-state index contributed by atoms with van der Waals surface area (Å²) in [5.74, 6) is 0.265. The Morgan fingerprint density at radius 2 is 2.00 bits per heavy atom. The smallest absolute Gasteiger partial charge is 0.306 e. The van der Waals surface area contributed by atoms with Crippen LogP contribution in [0.25, 0.3) is 0 Å². The molecule has 1 atom stereocenters. The maximum absolute atomic E-state index is 11.3. The molecule has 0 saturated heterocycles. The van der Waals surface area contributed by atoms with Crippen molar-refractivity contribution in [1.82, 2.24) is 0 Å². The predicted molar refractivity (Wildman–Crippen MR) is 67.0 cm³/mol. The number of esters is 1. The van der Waals surface area contributed by atoms with E-state index in [-0.39, 0.29) is 23.7 Å². The fourth-order valence-corrected chi connectivity index (χ4v) is 2.21. The van der Waals surface area contributed by atoms with Gasteiger partial charge in [0.2, 0.25) is 0 Å². The van der Waals surface area contributed by atoms with E-state index in [2.05, 4.69) is 4.52 Å². The zero-order valence-electron chi connectivity index (χ0n) is 10.7. The Morgan fingerprint density at radius 3 is 2.47 bits per heavy atom. The Morgan fingerprint density at radius 1 is 1.41 bits per heavy atom. The van der Waals surface area contributed by atoms with Crippen LogP contribution >= 0.6 is 19.4 Å². The molecule has 7 heteroatoms. The standard InChI is InChI=1S/C10H21O5PS/c1-10(2,3)7-14-9(11)5-6-17-8-15-16(4,12)13/h5-8H2,1-4H3,(H,12,13)/p-1. The maximum atomic E-state index is 11.3. The molecule has 1 unspecified atom stereocenters. The SMILES string of the molecule is CC(C)(C)COC(=O)CCSCOP(C)(=O)[O-]. The highest BCUT2D eigenvalue weighted by Gasteiger charge is 2.13. The molecule has 0 aromatic carbocycles. The molecule has 0 spiro atoms. The molecule has 0 N–H and O–H groups in total. The van der Waals surface area contributed by atoms with Crippen LogP contribution in [0, 0.1) is 5.41 Å². The second-order valence-corrected chi connectivity index (χ2v) is 7.75. The Hall–Kier alpha value is -0.0300. The molecule has 0 amide bonds. The monoisotopic (exact) mass is 283 g/mol. The highest BCUT2D eigenvalue weighted by atomic mass is 32.2. The van der Waals surface area contributed by atoms with Gasteiger partial charge in [-0.3, -0.25) is 4.79 Å². The Labute approximate surface area is 107 Å². The normalized spacial score (nSPS) is 15.4. The number of thioether (sulfide) groups is 1. The molecule has 17 heavy (non-hydrogen) atoms. The van der Waals surface area contributed by atoms with Crippen LogP contribution in [0.3, 0.4) is 0 Å². The van der Waals surface area contributed by atoms with Crippen LogP contribution in [-0.2, 0) is 18.6 Å². The van der Waals surface area contributed by atoms with E-state index in [1.165, 1.54) is 11.8 Å². The first kappa shape index (κ1) is 17.0. The van der Waals surface area contributed by atoms with Gasteiger partial charge in [-0.1, -0.05) is 20.8 Å². The van der Waals surface area contributed by atoms with Gasteiger partial charge in [-0.2, -0.15) is 0 Å². The minimum Gasteiger partial charge on any atom is -0.779 e. The number of carbonyl (C=O) groups excluding carboxylic acids is 1. The van der Waals surface area contributed by atoms with Crippen molar-refractivity contribution in [2.75, 3.05) is 25.0 Å². The molecule has 0 heterocycles. The summed E-state index contributed by atoms with van der Waals surface area (Å²) in [7, 11) is -3.65. The van der Waals surface area contributed by atoms with Gasteiger partial charge in [-0.15, -0.1) is 11.8 Å². The first-order valence-electron chi connectivity index (χ1n) is 5.26. The fourth-order valence-electron chi connectivity index (χ4n) is 0.717. The van der Waals surface area contributed by atoms with Gasteiger partial charge in [0.15, 0.2) is 0 Å². The zero-order chi connectivity index (χ0) is 13.5. The number of ether oxygens (including phenoxy) is 1. The molecule has 0 rings (SSSR count). The van der Waals surface area contributed by atoms with E-state index >= 15 is 0 Å². The van der Waals surface area contributed by atoms with E-state index in [0.717, 1.165) is 6.66 Å². The minimum atomic E-state index is -3.65. The molecule has 0 saturated carbocycles. The number of hydrogen-bond acceptors (Lipinski definition) is 6. The van der Waals surface area contributed by atoms with Gasteiger partial charge in [-0.05, 0) is 5.41 Å². The largest absolute Gasteiger partial charge is 0.779 e. The van der Waals surface area contributed by atoms with Gasteiger partial charge >= 0.3 is 5.97 Å². The van der Waals surface area contributed by atoms with Crippen molar-refractivity contribution in [3.8, 4) is 0 Å². The summed E-state index contributed by atoms with van der Waals surface area (Å²) in [6.45, 7) is 7.35. The van der Waals surface area contributed by atoms with Crippen LogP contribution in [0.4, 0.5) is 0 Å². The van der Waals surface area contributed by atoms with E-state index < -0.39 is 7.60 Å². The zero-order valence-corrected chi connectivity index (χ0v) is 12.4. The van der Waals surface area contributed by atoms with Gasteiger partial charge in [-0.25, -0.2) is 0 Å². The van der Waals surface area contributed by atoms with Gasteiger partial charge in [0, 0.05) is 12.4 Å². The van der Waals surface area contributed by atoms with Crippen LogP contribution in [0.15, 0.2) is 0 Å². The van der Waals surface area contributed by atoms with Crippen molar-refractivity contribution in [2.24, 2.45) is 5.41 Å². The molecule has 0 radical (unpaired) electrons. The molecular weight excluding hydrogens is 263 g/mol. The lowest BCUT2D eigenvalue weighted by molar-refractivity contribution is -0.194. The molecular formula is C10H20O5PS-. The highest BCUT2D eigenvalue weighted by molar-refractivity contribution is 7.99. The highest BCUT2D eigenvalue weighted by Crippen LogP contribution is 2.32. The molecule has 0 aromatic heterocycles. The average molecular weight is 283 g/mol. The summed E-state index contributed by atoms with van der Waals surface area (Å²) in [5, 5.41) is 0. The van der Waals surface area contributed by atoms with Crippen LogP contribution in [0.1, 0.15) is 27.2 Å². The van der Waals surface area contributed by atoms with Gasteiger partial charge < -0.3 is 18.7 Å². The maximum Gasteiger partial charge on any atom is 0.306 e. The van der Waals surface area contributed by atoms with E-state index in [1.807, 2.05) is 20.8 Å². The van der Waals surface area contributed by atoms with Crippen molar-refractivity contribution in [1.29, 1.82) is 0 Å². The molecule has 0 bridgehead atoms. The van der Waals surface area contributed by atoms with Crippen molar-refractivity contribution < 1.29 is 23.5 Å². The molecule has 0 aromatic rings. The molecule has 5 nitrogen and oxygen atoms in total. The van der Waals surface area contributed by atoms with Gasteiger partial charge in [0.1, 0.15) is 7.60 Å². The molecule has 0 fully saturated rings. The van der Waals surface area contributed by atoms with Crippen LogP contribution in [0.5, 0.6) is 0 Å². The molecule has 0 aliphatic rings. The summed E-state index contributed by atoms with van der Waals surface area (Å²) < 4.78 is 20.2. The van der Waals surface area contributed by atoms with Crippen molar-refractivity contribution >= 4 is 25.3 Å². The van der Waals surface area contributed by atoms with Crippen molar-refractivity contribution in [3.05, 3.63) is 0 Å². The summed E-state index contributed by atoms with van der Waals surface area (Å²) in [5.41, 5.74) is -0.0384. The van der Waals surface area contributed by atoms with E-state index in [4.69, 9.17) is 4.74 Å². The predicted octanol–water partition coefficient (Wildman–Crippen LogP) is 1.86. The van der Waals surface area contributed by atoms with Crippen LogP contribution in [-0.4, -0.2) is 30.9 Å². The quantitative estimate of drug-likeness (QED) is 0.307. The third-order valence-corrected chi connectivity index (χ3v) is 3.04. The third kappa shape index (κ3) is 13.9. The molecule has 0 aliphatic heterocycles. The number of carbonyl (C=O) groups is 1. The van der Waals surface area contributed by atoms with E-state index in [9.17, 15) is 14.3 Å². The lowest BCUT2D eigenvalue weighted by atomic mass is 9.99. The summed E-state index contributed by atoms with van der Waals surface area (Å²) in [4.78, 5) is 21.9. The van der Waals surface area contributed by atoms with Crippen LogP contribution < -0.4 is 4.89 Å². The Kier molecular flexibility index (Phi) is 7.40. The lowest BCUT2D eigenvalue weighted by Crippen LogP contribution is -2.18. The lowest BCUT2D eigenvalue weighted by Gasteiger charge is -2.18. The first-order valence-corrected chi connectivity index (χ1v) is 8.41. The molecule has 0 aliphatic carbocycles. The van der Waals surface area contributed by atoms with Crippen molar-refractivity contribution in [3.63, 3.8) is 0 Å². The van der Waals surface area contributed by atoms with E-state index in [0.29, 0.717) is 12.4 Å². The molecule has 102 valence electrons. The summed E-state index contributed by atoms with van der Waals surface area (Å²) in [6, 6.07) is 0. The Balaban J connectivity index is 3.50. The summed E-state index contributed by atoms with van der Waals surface area (Å²) >= 11 is 1.25. The fraction of sp³-hybridized carbons (Fsp3) is 0.900. The first-order chi connectivity index (χ1) is 7.60. The van der Waals surface area contributed by atoms with Crippen LogP contribution in [0.2, 0.25) is 0 Å². The van der Waals surface area contributed by atoms with Gasteiger partial charge in [0.25, 0.3) is 0 Å². The Bertz CT molecular complexity index is 281. The van der Waals surface area contributed by atoms with E-state index in [1.54, 1.807) is 0 Å². The number of hydrogen-bond donors (Lipinski definition) is 0.